The number of carbonyl (C=O) groups excluding carboxylic acids is 1. The number of benzene rings is 2. The van der Waals surface area contributed by atoms with E-state index in [0.29, 0.717) is 28.5 Å². The van der Waals surface area contributed by atoms with Gasteiger partial charge in [-0.05, 0) is 29.8 Å². The van der Waals surface area contributed by atoms with Crippen molar-refractivity contribution in [2.24, 2.45) is 0 Å². The zero-order chi connectivity index (χ0) is 18.1. The fourth-order valence-corrected chi connectivity index (χ4v) is 3.09. The molecule has 0 radical (unpaired) electrons. The number of anilines is 1. The third-order valence-corrected chi connectivity index (χ3v) is 4.44. The second kappa shape index (κ2) is 6.69. The van der Waals surface area contributed by atoms with Gasteiger partial charge in [0.05, 0.1) is 22.5 Å². The standard InChI is InChI=1S/C20H14ClFN2O2/c21-15-6-1-2-7-16(15)23-20(25)18-11-19-17(8-9-26-19)24(18)12-13-4-3-5-14(22)10-13/h1-11H,12H2,(H,23,25). The molecule has 1 amide bonds. The monoisotopic (exact) mass is 368 g/mol. The van der Waals surface area contributed by atoms with Crippen LogP contribution in [-0.4, -0.2) is 10.5 Å². The quantitative estimate of drug-likeness (QED) is 0.529. The number of amides is 1. The Kier molecular flexibility index (Phi) is 4.22. The number of hydrogen-bond acceptors (Lipinski definition) is 2. The van der Waals surface area contributed by atoms with Crippen molar-refractivity contribution in [2.75, 3.05) is 5.32 Å². The number of carbonyl (C=O) groups is 1. The second-order valence-corrected chi connectivity index (χ2v) is 6.26. The van der Waals surface area contributed by atoms with Crippen molar-refractivity contribution < 1.29 is 13.6 Å². The Morgan fingerprint density at radius 3 is 2.77 bits per heavy atom. The molecule has 4 nitrogen and oxygen atoms in total. The van der Waals surface area contributed by atoms with E-state index in [1.54, 1.807) is 53.3 Å². The molecular formula is C20H14ClFN2O2. The molecule has 2 aromatic heterocycles. The minimum atomic E-state index is -0.319. The first-order valence-corrected chi connectivity index (χ1v) is 8.36. The number of furan rings is 1. The minimum Gasteiger partial charge on any atom is -0.463 e. The van der Waals surface area contributed by atoms with Gasteiger partial charge in [0.15, 0.2) is 5.58 Å². The molecule has 26 heavy (non-hydrogen) atoms. The van der Waals surface area contributed by atoms with Crippen molar-refractivity contribution in [1.82, 2.24) is 4.57 Å². The van der Waals surface area contributed by atoms with Crippen molar-refractivity contribution in [3.63, 3.8) is 0 Å². The molecule has 0 bridgehead atoms. The predicted molar refractivity (Wildman–Crippen MR) is 99.1 cm³/mol. The van der Waals surface area contributed by atoms with E-state index in [4.69, 9.17) is 16.0 Å². The molecule has 0 saturated carbocycles. The Morgan fingerprint density at radius 1 is 1.12 bits per heavy atom. The predicted octanol–water partition coefficient (Wildman–Crippen LogP) is 5.33. The largest absolute Gasteiger partial charge is 0.463 e. The lowest BCUT2D eigenvalue weighted by Gasteiger charge is -2.11. The van der Waals surface area contributed by atoms with E-state index in [1.807, 2.05) is 6.07 Å². The summed E-state index contributed by atoms with van der Waals surface area (Å²) in [4.78, 5) is 12.8. The van der Waals surface area contributed by atoms with Gasteiger partial charge in [-0.2, -0.15) is 0 Å². The van der Waals surface area contributed by atoms with Crippen LogP contribution < -0.4 is 5.32 Å². The van der Waals surface area contributed by atoms with Gasteiger partial charge >= 0.3 is 0 Å². The van der Waals surface area contributed by atoms with Crippen LogP contribution in [0.15, 0.2) is 71.3 Å². The van der Waals surface area contributed by atoms with Crippen LogP contribution in [0.3, 0.4) is 0 Å². The van der Waals surface area contributed by atoms with Gasteiger partial charge in [0.2, 0.25) is 0 Å². The fraction of sp³-hybridized carbons (Fsp3) is 0.0500. The van der Waals surface area contributed by atoms with Crippen LogP contribution in [0, 0.1) is 5.82 Å². The van der Waals surface area contributed by atoms with E-state index in [0.717, 1.165) is 11.1 Å². The highest BCUT2D eigenvalue weighted by atomic mass is 35.5. The molecule has 0 unspecified atom stereocenters. The fourth-order valence-electron chi connectivity index (χ4n) is 2.90. The first-order chi connectivity index (χ1) is 12.6. The SMILES string of the molecule is O=C(Nc1ccccc1Cl)c1cc2occc2n1Cc1cccc(F)c1. The smallest absolute Gasteiger partial charge is 0.272 e. The van der Waals surface area contributed by atoms with Gasteiger partial charge in [-0.3, -0.25) is 4.79 Å². The van der Waals surface area contributed by atoms with Crippen LogP contribution in [0.5, 0.6) is 0 Å². The summed E-state index contributed by atoms with van der Waals surface area (Å²) in [5.74, 6) is -0.638. The van der Waals surface area contributed by atoms with Gasteiger partial charge in [-0.15, -0.1) is 0 Å². The number of hydrogen-bond donors (Lipinski definition) is 1. The average molecular weight is 369 g/mol. The Morgan fingerprint density at radius 2 is 1.96 bits per heavy atom. The molecule has 2 heterocycles. The molecule has 4 rings (SSSR count). The van der Waals surface area contributed by atoms with Crippen LogP contribution in [-0.2, 0) is 6.54 Å². The summed E-state index contributed by atoms with van der Waals surface area (Å²) in [6.45, 7) is 0.339. The summed E-state index contributed by atoms with van der Waals surface area (Å²) >= 11 is 6.12. The maximum absolute atomic E-state index is 13.5. The number of nitrogens with zero attached hydrogens (tertiary/aromatic N) is 1. The van der Waals surface area contributed by atoms with E-state index in [-0.39, 0.29) is 11.7 Å². The summed E-state index contributed by atoms with van der Waals surface area (Å²) in [5.41, 5.74) is 3.03. The van der Waals surface area contributed by atoms with Crippen molar-refractivity contribution in [2.45, 2.75) is 6.54 Å². The molecule has 6 heteroatoms. The highest BCUT2D eigenvalue weighted by Crippen LogP contribution is 2.25. The number of para-hydroxylation sites is 1. The van der Waals surface area contributed by atoms with Gasteiger partial charge in [0.25, 0.3) is 5.91 Å². The summed E-state index contributed by atoms with van der Waals surface area (Å²) in [7, 11) is 0. The van der Waals surface area contributed by atoms with Crippen LogP contribution >= 0.6 is 11.6 Å². The van der Waals surface area contributed by atoms with Crippen molar-refractivity contribution in [1.29, 1.82) is 0 Å². The van der Waals surface area contributed by atoms with Gasteiger partial charge in [-0.1, -0.05) is 35.9 Å². The second-order valence-electron chi connectivity index (χ2n) is 5.85. The van der Waals surface area contributed by atoms with E-state index in [1.165, 1.54) is 12.1 Å². The molecule has 0 aliphatic carbocycles. The first-order valence-electron chi connectivity index (χ1n) is 7.99. The highest BCUT2D eigenvalue weighted by molar-refractivity contribution is 6.33. The van der Waals surface area contributed by atoms with Gasteiger partial charge in [-0.25, -0.2) is 4.39 Å². The summed E-state index contributed by atoms with van der Waals surface area (Å²) in [5, 5.41) is 3.26. The highest BCUT2D eigenvalue weighted by Gasteiger charge is 2.18. The van der Waals surface area contributed by atoms with Crippen molar-refractivity contribution in [3.8, 4) is 0 Å². The zero-order valence-corrected chi connectivity index (χ0v) is 14.3. The molecule has 0 saturated heterocycles. The molecule has 0 fully saturated rings. The maximum Gasteiger partial charge on any atom is 0.272 e. The van der Waals surface area contributed by atoms with Crippen LogP contribution in [0.25, 0.3) is 11.1 Å². The topological polar surface area (TPSA) is 47.2 Å². The lowest BCUT2D eigenvalue weighted by Crippen LogP contribution is -2.17. The molecule has 1 N–H and O–H groups in total. The van der Waals surface area contributed by atoms with Crippen LogP contribution in [0.4, 0.5) is 10.1 Å². The molecule has 2 aromatic carbocycles. The van der Waals surface area contributed by atoms with E-state index >= 15 is 0 Å². The summed E-state index contributed by atoms with van der Waals surface area (Å²) < 4.78 is 20.7. The zero-order valence-electron chi connectivity index (χ0n) is 13.6. The third-order valence-electron chi connectivity index (χ3n) is 4.11. The van der Waals surface area contributed by atoms with Crippen molar-refractivity contribution in [3.05, 3.63) is 89.0 Å². The van der Waals surface area contributed by atoms with Gasteiger partial charge in [0, 0.05) is 18.7 Å². The van der Waals surface area contributed by atoms with Gasteiger partial charge < -0.3 is 14.3 Å². The van der Waals surface area contributed by atoms with Gasteiger partial charge in [0.1, 0.15) is 11.5 Å². The Bertz CT molecular complexity index is 1100. The lowest BCUT2D eigenvalue weighted by molar-refractivity contribution is 0.101. The normalized spacial score (nSPS) is 11.0. The van der Waals surface area contributed by atoms with Crippen molar-refractivity contribution >= 4 is 34.3 Å². The van der Waals surface area contributed by atoms with E-state index in [2.05, 4.69) is 5.32 Å². The van der Waals surface area contributed by atoms with Crippen LogP contribution in [0.2, 0.25) is 5.02 Å². The molecule has 0 atom stereocenters. The summed E-state index contributed by atoms with van der Waals surface area (Å²) in [6, 6.07) is 16.7. The number of halogens is 2. The molecule has 4 aromatic rings. The maximum atomic E-state index is 13.5. The summed E-state index contributed by atoms with van der Waals surface area (Å²) in [6.07, 6.45) is 1.56. The Hall–Kier alpha value is -3.05. The van der Waals surface area contributed by atoms with E-state index < -0.39 is 0 Å². The molecule has 0 spiro atoms. The third kappa shape index (κ3) is 3.09. The minimum absolute atomic E-state index is 0.319. The molecular weight excluding hydrogens is 355 g/mol. The Balaban J connectivity index is 1.72. The number of aromatic nitrogens is 1. The number of fused-ring (bicyclic) bond motifs is 1. The number of nitrogens with one attached hydrogen (secondary N) is 1. The molecule has 130 valence electrons. The molecule has 0 aliphatic rings. The van der Waals surface area contributed by atoms with E-state index in [9.17, 15) is 9.18 Å². The first kappa shape index (κ1) is 16.4. The van der Waals surface area contributed by atoms with Crippen LogP contribution in [0.1, 0.15) is 16.1 Å². The average Bonchev–Trinajstić information content (AvgIpc) is 3.20. The number of rotatable bonds is 4. The Labute approximate surface area is 153 Å². The lowest BCUT2D eigenvalue weighted by atomic mass is 10.2. The molecule has 0 aliphatic heterocycles.